The lowest BCUT2D eigenvalue weighted by Crippen LogP contribution is -2.55. The van der Waals surface area contributed by atoms with Gasteiger partial charge in [0.1, 0.15) is 6.04 Å². The summed E-state index contributed by atoms with van der Waals surface area (Å²) in [5.41, 5.74) is 5.35. The second-order valence-corrected chi connectivity index (χ2v) is 5.94. The molecule has 1 unspecified atom stereocenters. The van der Waals surface area contributed by atoms with Crippen LogP contribution in [0.4, 0.5) is 4.79 Å². The fraction of sp³-hybridized carbons (Fsp3) is 0.786. The molecule has 1 heterocycles. The second kappa shape index (κ2) is 6.78. The number of aliphatic carboxylic acids is 1. The molecular formula is C14H23N3O4. The zero-order valence-corrected chi connectivity index (χ0v) is 12.1. The van der Waals surface area contributed by atoms with E-state index in [1.54, 1.807) is 0 Å². The molecule has 1 atom stereocenters. The van der Waals surface area contributed by atoms with E-state index in [2.05, 4.69) is 5.32 Å². The first-order valence-corrected chi connectivity index (χ1v) is 7.58. The Labute approximate surface area is 123 Å². The summed E-state index contributed by atoms with van der Waals surface area (Å²) in [6, 6.07) is -0.782. The molecule has 0 radical (unpaired) electrons. The summed E-state index contributed by atoms with van der Waals surface area (Å²) in [6.07, 6.45) is 4.90. The van der Waals surface area contributed by atoms with Crippen LogP contribution in [0.25, 0.3) is 0 Å². The van der Waals surface area contributed by atoms with Crippen molar-refractivity contribution in [1.29, 1.82) is 0 Å². The van der Waals surface area contributed by atoms with E-state index < -0.39 is 17.9 Å². The highest BCUT2D eigenvalue weighted by molar-refractivity contribution is 5.86. The summed E-state index contributed by atoms with van der Waals surface area (Å²) in [7, 11) is 0. The van der Waals surface area contributed by atoms with Crippen molar-refractivity contribution in [2.24, 2.45) is 11.7 Å². The normalized spacial score (nSPS) is 29.7. The first kappa shape index (κ1) is 15.6. The Bertz CT molecular complexity index is 418. The number of carbonyl (C=O) groups excluding carboxylic acids is 2. The lowest BCUT2D eigenvalue weighted by molar-refractivity contribution is -0.142. The molecule has 0 bridgehead atoms. The molecule has 1 aliphatic carbocycles. The van der Waals surface area contributed by atoms with Crippen molar-refractivity contribution in [3.63, 3.8) is 0 Å². The van der Waals surface area contributed by atoms with Gasteiger partial charge >= 0.3 is 12.0 Å². The highest BCUT2D eigenvalue weighted by Gasteiger charge is 2.33. The van der Waals surface area contributed by atoms with Crippen molar-refractivity contribution < 1.29 is 19.5 Å². The van der Waals surface area contributed by atoms with E-state index in [-0.39, 0.29) is 18.0 Å². The quantitative estimate of drug-likeness (QED) is 0.711. The number of hydrogen-bond acceptors (Lipinski definition) is 3. The molecule has 0 aromatic carbocycles. The highest BCUT2D eigenvalue weighted by atomic mass is 16.4. The van der Waals surface area contributed by atoms with Crippen LogP contribution in [0.15, 0.2) is 0 Å². The van der Waals surface area contributed by atoms with E-state index in [1.165, 1.54) is 4.90 Å². The van der Waals surface area contributed by atoms with Crippen LogP contribution in [0.5, 0.6) is 0 Å². The topological polar surface area (TPSA) is 113 Å². The van der Waals surface area contributed by atoms with Crippen LogP contribution in [0, 0.1) is 5.92 Å². The zero-order chi connectivity index (χ0) is 15.4. The standard InChI is InChI=1S/C14H23N3O4/c15-12(18)11-3-1-2-8-17(11)14(21)16-10-6-4-9(5-7-10)13(19)20/h9-11H,1-8H2,(H2,15,18)(H,16,21)(H,19,20). The number of nitrogens with zero attached hydrogens (tertiary/aromatic N) is 1. The van der Waals surface area contributed by atoms with Gasteiger partial charge in [-0.1, -0.05) is 0 Å². The zero-order valence-electron chi connectivity index (χ0n) is 12.1. The SMILES string of the molecule is NC(=O)C1CCCCN1C(=O)NC1CCC(C(=O)O)CC1. The number of carbonyl (C=O) groups is 3. The van der Waals surface area contributed by atoms with Gasteiger partial charge in [-0.25, -0.2) is 4.79 Å². The van der Waals surface area contributed by atoms with Crippen molar-refractivity contribution in [3.8, 4) is 0 Å². The van der Waals surface area contributed by atoms with Crippen LogP contribution < -0.4 is 11.1 Å². The van der Waals surface area contributed by atoms with Gasteiger partial charge < -0.3 is 21.1 Å². The summed E-state index contributed by atoms with van der Waals surface area (Å²) in [6.45, 7) is 0.546. The second-order valence-electron chi connectivity index (χ2n) is 5.94. The van der Waals surface area contributed by atoms with Crippen LogP contribution in [0.3, 0.4) is 0 Å². The van der Waals surface area contributed by atoms with Gasteiger partial charge in [0.05, 0.1) is 5.92 Å². The fourth-order valence-electron chi connectivity index (χ4n) is 3.21. The maximum Gasteiger partial charge on any atom is 0.318 e. The molecule has 4 N–H and O–H groups in total. The van der Waals surface area contributed by atoms with Crippen LogP contribution in [-0.4, -0.2) is 46.5 Å². The molecule has 1 aliphatic heterocycles. The van der Waals surface area contributed by atoms with E-state index in [0.29, 0.717) is 38.6 Å². The van der Waals surface area contributed by atoms with Crippen molar-refractivity contribution in [2.45, 2.75) is 57.0 Å². The number of urea groups is 1. The number of piperidine rings is 1. The monoisotopic (exact) mass is 297 g/mol. The number of amides is 3. The van der Waals surface area contributed by atoms with Crippen LogP contribution in [0.2, 0.25) is 0 Å². The molecule has 2 rings (SSSR count). The minimum atomic E-state index is -0.760. The van der Waals surface area contributed by atoms with Gasteiger partial charge in [0.2, 0.25) is 5.91 Å². The largest absolute Gasteiger partial charge is 0.481 e. The molecule has 1 saturated carbocycles. The Morgan fingerprint density at radius 1 is 1.05 bits per heavy atom. The van der Waals surface area contributed by atoms with Gasteiger partial charge in [-0.05, 0) is 44.9 Å². The van der Waals surface area contributed by atoms with E-state index in [4.69, 9.17) is 10.8 Å². The van der Waals surface area contributed by atoms with Gasteiger partial charge in [0.25, 0.3) is 0 Å². The van der Waals surface area contributed by atoms with Gasteiger partial charge in [0, 0.05) is 12.6 Å². The van der Waals surface area contributed by atoms with Crippen LogP contribution in [-0.2, 0) is 9.59 Å². The maximum atomic E-state index is 12.3. The number of carboxylic acids is 1. The third kappa shape index (κ3) is 3.86. The van der Waals surface area contributed by atoms with E-state index in [1.807, 2.05) is 0 Å². The van der Waals surface area contributed by atoms with Crippen molar-refractivity contribution in [3.05, 3.63) is 0 Å². The van der Waals surface area contributed by atoms with Crippen molar-refractivity contribution in [2.75, 3.05) is 6.54 Å². The minimum Gasteiger partial charge on any atom is -0.481 e. The molecule has 7 heteroatoms. The lowest BCUT2D eigenvalue weighted by atomic mass is 9.86. The first-order valence-electron chi connectivity index (χ1n) is 7.58. The summed E-state index contributed by atoms with van der Waals surface area (Å²) in [5, 5.41) is 11.9. The summed E-state index contributed by atoms with van der Waals surface area (Å²) < 4.78 is 0. The van der Waals surface area contributed by atoms with Crippen molar-refractivity contribution >= 4 is 17.9 Å². The Kier molecular flexibility index (Phi) is 5.03. The molecule has 3 amide bonds. The number of nitrogens with one attached hydrogen (secondary N) is 1. The first-order chi connectivity index (χ1) is 9.99. The Hall–Kier alpha value is -1.79. The molecule has 0 spiro atoms. The van der Waals surface area contributed by atoms with Gasteiger partial charge in [-0.15, -0.1) is 0 Å². The van der Waals surface area contributed by atoms with E-state index in [9.17, 15) is 14.4 Å². The predicted molar refractivity (Wildman–Crippen MR) is 75.5 cm³/mol. The van der Waals surface area contributed by atoms with E-state index in [0.717, 1.165) is 12.8 Å². The van der Waals surface area contributed by atoms with Gasteiger partial charge in [0.15, 0.2) is 0 Å². The number of nitrogens with two attached hydrogens (primary N) is 1. The Morgan fingerprint density at radius 3 is 2.29 bits per heavy atom. The van der Waals surface area contributed by atoms with Crippen molar-refractivity contribution in [1.82, 2.24) is 10.2 Å². The fourth-order valence-corrected chi connectivity index (χ4v) is 3.21. The molecule has 21 heavy (non-hydrogen) atoms. The summed E-state index contributed by atoms with van der Waals surface area (Å²) in [4.78, 5) is 36.1. The molecule has 2 aliphatic rings. The number of rotatable bonds is 3. The average molecular weight is 297 g/mol. The van der Waals surface area contributed by atoms with Gasteiger partial charge in [-0.3, -0.25) is 9.59 Å². The molecule has 2 fully saturated rings. The number of likely N-dealkylation sites (tertiary alicyclic amines) is 1. The van der Waals surface area contributed by atoms with Gasteiger partial charge in [-0.2, -0.15) is 0 Å². The van der Waals surface area contributed by atoms with Crippen LogP contribution in [0.1, 0.15) is 44.9 Å². The average Bonchev–Trinajstić information content (AvgIpc) is 2.47. The minimum absolute atomic E-state index is 0.0106. The lowest BCUT2D eigenvalue weighted by Gasteiger charge is -2.36. The number of carboxylic acid groups (broad SMARTS) is 1. The summed E-state index contributed by atoms with van der Waals surface area (Å²) >= 11 is 0. The van der Waals surface area contributed by atoms with E-state index >= 15 is 0 Å². The molecule has 0 aromatic rings. The number of primary amides is 1. The molecule has 0 aromatic heterocycles. The third-order valence-electron chi connectivity index (χ3n) is 4.50. The van der Waals surface area contributed by atoms with Crippen LogP contribution >= 0.6 is 0 Å². The third-order valence-corrected chi connectivity index (χ3v) is 4.50. The Balaban J connectivity index is 1.86. The molecule has 1 saturated heterocycles. The smallest absolute Gasteiger partial charge is 0.318 e. The maximum absolute atomic E-state index is 12.3. The molecular weight excluding hydrogens is 274 g/mol. The number of hydrogen-bond donors (Lipinski definition) is 3. The molecule has 118 valence electrons. The predicted octanol–water partition coefficient (Wildman–Crippen LogP) is 0.679. The summed E-state index contributed by atoms with van der Waals surface area (Å²) in [5.74, 6) is -1.52. The molecule has 7 nitrogen and oxygen atoms in total. The Morgan fingerprint density at radius 2 is 1.71 bits per heavy atom. The highest BCUT2D eigenvalue weighted by Crippen LogP contribution is 2.25.